The van der Waals surface area contributed by atoms with Crippen LogP contribution in [0, 0.1) is 0 Å². The molecular weight excluding hydrogens is 470 g/mol. The summed E-state index contributed by atoms with van der Waals surface area (Å²) >= 11 is 6.28. The van der Waals surface area contributed by atoms with Crippen LogP contribution in [0.4, 0.5) is 0 Å². The molecule has 6 nitrogen and oxygen atoms in total. The number of piperidine rings is 1. The fraction of sp³-hybridized carbons (Fsp3) is 0.241. The molecule has 2 aromatic heterocycles. The molecule has 182 valence electrons. The first-order valence-electron chi connectivity index (χ1n) is 12.3. The Labute approximate surface area is 214 Å². The number of hydrogen-bond donors (Lipinski definition) is 1. The second-order valence-corrected chi connectivity index (χ2v) is 10.1. The lowest BCUT2D eigenvalue weighted by Crippen LogP contribution is -2.45. The van der Waals surface area contributed by atoms with E-state index >= 15 is 0 Å². The van der Waals surface area contributed by atoms with Crippen molar-refractivity contribution >= 4 is 39.4 Å². The van der Waals surface area contributed by atoms with E-state index in [0.29, 0.717) is 18.7 Å². The zero-order chi connectivity index (χ0) is 24.8. The number of nitrogens with zero attached hydrogens (tertiary/aromatic N) is 4. The van der Waals surface area contributed by atoms with Gasteiger partial charge in [-0.15, -0.1) is 0 Å². The molecular formula is C29H28ClN5O. The summed E-state index contributed by atoms with van der Waals surface area (Å²) in [6.45, 7) is 2.03. The van der Waals surface area contributed by atoms with Crippen molar-refractivity contribution in [2.24, 2.45) is 12.8 Å². The molecule has 1 saturated heterocycles. The van der Waals surface area contributed by atoms with E-state index in [1.54, 1.807) is 0 Å². The van der Waals surface area contributed by atoms with E-state index in [9.17, 15) is 4.79 Å². The highest BCUT2D eigenvalue weighted by Gasteiger charge is 2.23. The fourth-order valence-electron chi connectivity index (χ4n) is 5.32. The Morgan fingerprint density at radius 3 is 2.75 bits per heavy atom. The molecule has 1 aliphatic heterocycles. The number of para-hydroxylation sites is 1. The molecule has 7 heteroatoms. The van der Waals surface area contributed by atoms with Gasteiger partial charge in [0.2, 0.25) is 0 Å². The van der Waals surface area contributed by atoms with Crippen LogP contribution in [0.1, 0.15) is 28.8 Å². The third-order valence-electron chi connectivity index (χ3n) is 7.14. The minimum Gasteiger partial charge on any atom is -0.337 e. The fourth-order valence-corrected chi connectivity index (χ4v) is 5.54. The number of fused-ring (bicyclic) bond motifs is 2. The van der Waals surface area contributed by atoms with Gasteiger partial charge in [-0.05, 0) is 60.9 Å². The Balaban J connectivity index is 1.43. The van der Waals surface area contributed by atoms with Gasteiger partial charge in [-0.25, -0.2) is 4.98 Å². The first-order chi connectivity index (χ1) is 17.5. The lowest BCUT2D eigenvalue weighted by molar-refractivity contribution is 0.0709. The van der Waals surface area contributed by atoms with E-state index in [-0.39, 0.29) is 11.9 Å². The molecule has 5 aromatic rings. The molecule has 1 aliphatic rings. The van der Waals surface area contributed by atoms with E-state index in [1.165, 1.54) is 0 Å². The summed E-state index contributed by atoms with van der Waals surface area (Å²) in [5.74, 6) is 0.877. The molecule has 0 aliphatic carbocycles. The van der Waals surface area contributed by atoms with Gasteiger partial charge < -0.3 is 19.8 Å². The maximum Gasteiger partial charge on any atom is 0.253 e. The van der Waals surface area contributed by atoms with Crippen molar-refractivity contribution in [1.29, 1.82) is 0 Å². The van der Waals surface area contributed by atoms with Gasteiger partial charge in [-0.2, -0.15) is 0 Å². The molecule has 1 fully saturated rings. The van der Waals surface area contributed by atoms with Gasteiger partial charge in [-0.3, -0.25) is 4.79 Å². The number of hydrogen-bond acceptors (Lipinski definition) is 3. The standard InChI is InChI=1S/C29H28ClN5O/c1-33-26-12-11-21(29(36)34-13-5-9-23(31)18-34)15-24(26)32-28(33)27-16-20-7-2-3-10-25(20)35(27)17-19-6-4-8-22(30)14-19/h2-4,6-8,10-12,14-16,23H,5,9,13,17-18,31H2,1H3/t23-/m1/s1. The van der Waals surface area contributed by atoms with E-state index < -0.39 is 0 Å². The number of carbonyl (C=O) groups excluding carboxylic acids is 1. The molecule has 3 heterocycles. The highest BCUT2D eigenvalue weighted by atomic mass is 35.5. The lowest BCUT2D eigenvalue weighted by Gasteiger charge is -2.30. The second kappa shape index (κ2) is 9.12. The number of halogens is 1. The third kappa shape index (κ3) is 4.06. The average Bonchev–Trinajstić information content (AvgIpc) is 3.40. The topological polar surface area (TPSA) is 69.1 Å². The zero-order valence-electron chi connectivity index (χ0n) is 20.2. The van der Waals surface area contributed by atoms with Crippen LogP contribution in [0.15, 0.2) is 72.8 Å². The van der Waals surface area contributed by atoms with Crippen LogP contribution in [-0.4, -0.2) is 44.1 Å². The number of imidazole rings is 1. The first-order valence-corrected chi connectivity index (χ1v) is 12.7. The molecule has 0 radical (unpaired) electrons. The Bertz CT molecular complexity index is 1600. The molecule has 1 atom stereocenters. The van der Waals surface area contributed by atoms with E-state index in [4.69, 9.17) is 22.3 Å². The smallest absolute Gasteiger partial charge is 0.253 e. The number of nitrogens with two attached hydrogens (primary N) is 1. The summed E-state index contributed by atoms with van der Waals surface area (Å²) in [5.41, 5.74) is 11.8. The summed E-state index contributed by atoms with van der Waals surface area (Å²) in [6.07, 6.45) is 1.91. The Morgan fingerprint density at radius 2 is 1.92 bits per heavy atom. The van der Waals surface area contributed by atoms with Gasteiger partial charge in [0, 0.05) is 54.2 Å². The molecule has 0 unspecified atom stereocenters. The van der Waals surface area contributed by atoms with E-state index in [0.717, 1.165) is 63.4 Å². The quantitative estimate of drug-likeness (QED) is 0.358. The van der Waals surface area contributed by atoms with E-state index in [1.807, 2.05) is 48.3 Å². The largest absolute Gasteiger partial charge is 0.337 e. The first kappa shape index (κ1) is 22.8. The van der Waals surface area contributed by atoms with Crippen molar-refractivity contribution in [2.45, 2.75) is 25.4 Å². The van der Waals surface area contributed by atoms with Crippen LogP contribution in [0.3, 0.4) is 0 Å². The highest BCUT2D eigenvalue weighted by Crippen LogP contribution is 2.31. The van der Waals surface area contributed by atoms with Gasteiger partial charge in [0.1, 0.15) is 0 Å². The minimum absolute atomic E-state index is 0.0225. The molecule has 0 spiro atoms. The minimum atomic E-state index is 0.0225. The SMILES string of the molecule is Cn1c(-c2cc3ccccc3n2Cc2cccc(Cl)c2)nc2cc(C(=O)N3CCC[C@@H](N)C3)ccc21. The Morgan fingerprint density at radius 1 is 1.06 bits per heavy atom. The van der Waals surface area contributed by atoms with Crippen molar-refractivity contribution in [1.82, 2.24) is 19.0 Å². The summed E-state index contributed by atoms with van der Waals surface area (Å²) in [7, 11) is 2.03. The Kier molecular flexibility index (Phi) is 5.78. The second-order valence-electron chi connectivity index (χ2n) is 9.66. The predicted molar refractivity (Wildman–Crippen MR) is 145 cm³/mol. The summed E-state index contributed by atoms with van der Waals surface area (Å²) in [5, 5.41) is 1.87. The van der Waals surface area contributed by atoms with Crippen molar-refractivity contribution in [3.63, 3.8) is 0 Å². The summed E-state index contributed by atoms with van der Waals surface area (Å²) in [4.78, 5) is 20.1. The van der Waals surface area contributed by atoms with Gasteiger partial charge in [0.25, 0.3) is 5.91 Å². The number of likely N-dealkylation sites (tertiary alicyclic amines) is 1. The van der Waals surface area contributed by atoms with Crippen LogP contribution in [0.25, 0.3) is 33.5 Å². The van der Waals surface area contributed by atoms with Crippen molar-refractivity contribution in [3.8, 4) is 11.5 Å². The van der Waals surface area contributed by atoms with Crippen LogP contribution < -0.4 is 5.73 Å². The number of benzene rings is 3. The van der Waals surface area contributed by atoms with Crippen molar-refractivity contribution < 1.29 is 4.79 Å². The van der Waals surface area contributed by atoms with Gasteiger partial charge >= 0.3 is 0 Å². The average molecular weight is 498 g/mol. The number of carbonyl (C=O) groups is 1. The monoisotopic (exact) mass is 497 g/mol. The maximum absolute atomic E-state index is 13.2. The zero-order valence-corrected chi connectivity index (χ0v) is 20.9. The lowest BCUT2D eigenvalue weighted by atomic mass is 10.1. The predicted octanol–water partition coefficient (Wildman–Crippen LogP) is 5.46. The third-order valence-corrected chi connectivity index (χ3v) is 7.38. The van der Waals surface area contributed by atoms with Crippen LogP contribution in [-0.2, 0) is 13.6 Å². The molecule has 6 rings (SSSR count). The number of rotatable bonds is 4. The number of aryl methyl sites for hydroxylation is 1. The van der Waals surface area contributed by atoms with Crippen LogP contribution in [0.5, 0.6) is 0 Å². The molecule has 2 N–H and O–H groups in total. The van der Waals surface area contributed by atoms with Gasteiger partial charge in [0.05, 0.1) is 16.7 Å². The molecule has 0 bridgehead atoms. The molecule has 0 saturated carbocycles. The van der Waals surface area contributed by atoms with Gasteiger partial charge in [-0.1, -0.05) is 41.9 Å². The van der Waals surface area contributed by atoms with Crippen LogP contribution >= 0.6 is 11.6 Å². The van der Waals surface area contributed by atoms with Crippen molar-refractivity contribution in [2.75, 3.05) is 13.1 Å². The molecule has 3 aromatic carbocycles. The summed E-state index contributed by atoms with van der Waals surface area (Å²) < 4.78 is 4.38. The van der Waals surface area contributed by atoms with Crippen LogP contribution in [0.2, 0.25) is 5.02 Å². The highest BCUT2D eigenvalue weighted by molar-refractivity contribution is 6.30. The molecule has 1 amide bonds. The van der Waals surface area contributed by atoms with E-state index in [2.05, 4.69) is 45.5 Å². The maximum atomic E-state index is 13.2. The Hall–Kier alpha value is -3.61. The van der Waals surface area contributed by atoms with Crippen molar-refractivity contribution in [3.05, 3.63) is 88.9 Å². The number of aromatic nitrogens is 3. The number of amides is 1. The molecule has 36 heavy (non-hydrogen) atoms. The summed E-state index contributed by atoms with van der Waals surface area (Å²) in [6, 6.07) is 24.3. The van der Waals surface area contributed by atoms with Gasteiger partial charge in [0.15, 0.2) is 5.82 Å². The normalized spacial score (nSPS) is 16.2.